The Morgan fingerprint density at radius 1 is 0.794 bits per heavy atom. The molecule has 63 heavy (non-hydrogen) atoms. The fraction of sp³-hybridized carbons (Fsp3) is 0.475. The number of amides is 8. The molecule has 2 aromatic rings. The third-order valence-corrected chi connectivity index (χ3v) is 12.3. The number of nitrogens with zero attached hydrogens (tertiary/aromatic N) is 5. The number of ketones is 1. The molecule has 5 N–H and O–H groups in total. The molecule has 4 unspecified atom stereocenters. The van der Waals surface area contributed by atoms with Gasteiger partial charge < -0.3 is 69.1 Å². The summed E-state index contributed by atoms with van der Waals surface area (Å²) in [6, 6.07) is 13.8. The Kier molecular flexibility index (Phi) is 24.2. The number of carbonyl (C=O) groups excluding carboxylic acids is 9. The predicted octanol–water partition coefficient (Wildman–Crippen LogP) is 0.185. The van der Waals surface area contributed by atoms with Crippen molar-refractivity contribution in [3.63, 3.8) is 0 Å². The number of benzene rings is 2. The van der Waals surface area contributed by atoms with E-state index >= 15 is 0 Å². The quantitative estimate of drug-likeness (QED) is 0.154. The molecule has 2 saturated heterocycles. The molecule has 0 saturated carbocycles. The van der Waals surface area contributed by atoms with Crippen LogP contribution < -0.4 is 21.7 Å². The van der Waals surface area contributed by atoms with Crippen molar-refractivity contribution in [1.29, 1.82) is 0 Å². The molecule has 2 aliphatic heterocycles. The Morgan fingerprint density at radius 3 is 2.00 bits per heavy atom. The summed E-state index contributed by atoms with van der Waals surface area (Å²) in [7, 11) is 2.59. The first-order valence-electron chi connectivity index (χ1n) is 19.8. The number of nitrogens with two attached hydrogens (primary N) is 1. The van der Waals surface area contributed by atoms with Crippen LogP contribution in [0.4, 0.5) is 0 Å². The Balaban J connectivity index is 0.00000520. The molecule has 19 nitrogen and oxygen atoms in total. The van der Waals surface area contributed by atoms with E-state index in [-0.39, 0.29) is 81.4 Å². The summed E-state index contributed by atoms with van der Waals surface area (Å²) in [6.07, 6.45) is 0.449. The number of rotatable bonds is 13. The molecule has 8 amide bonds. The molecule has 0 aliphatic carbocycles. The van der Waals surface area contributed by atoms with Crippen molar-refractivity contribution in [3.8, 4) is 0 Å². The zero-order valence-corrected chi connectivity index (χ0v) is 38.5. The topological polar surface area (TPSA) is 282 Å². The zero-order chi connectivity index (χ0) is 46.1. The first-order valence-corrected chi connectivity index (χ1v) is 23.6. The number of fused-ring (bicyclic) bond motifs is 4. The average molecular weight is 1010 g/mol. The molecule has 23 heteroatoms. The van der Waals surface area contributed by atoms with E-state index in [4.69, 9.17) is 9.24 Å². The van der Waals surface area contributed by atoms with Crippen LogP contribution in [0.25, 0.3) is 16.0 Å². The molecule has 2 fully saturated rings. The first kappa shape index (κ1) is 52.7. The van der Waals surface area contributed by atoms with Gasteiger partial charge in [0.1, 0.15) is 12.1 Å². The third-order valence-electron chi connectivity index (χ3n) is 9.61. The maximum atomic E-state index is 14.3. The van der Waals surface area contributed by atoms with Crippen molar-refractivity contribution in [3.05, 3.63) is 87.7 Å². The fourth-order valence-electron chi connectivity index (χ4n) is 6.42. The van der Waals surface area contributed by atoms with Crippen LogP contribution in [0.3, 0.4) is 0 Å². The van der Waals surface area contributed by atoms with E-state index in [9.17, 15) is 43.2 Å². The summed E-state index contributed by atoms with van der Waals surface area (Å²) in [5, 5.41) is 19.4. The Morgan fingerprint density at radius 2 is 1.38 bits per heavy atom. The van der Waals surface area contributed by atoms with Crippen LogP contribution in [0.5, 0.6) is 0 Å². The van der Waals surface area contributed by atoms with Gasteiger partial charge in [0.05, 0.1) is 18.6 Å². The molecule has 2 aromatic carbocycles. The molecular weight excluding hydrogens is 961 g/mol. The van der Waals surface area contributed by atoms with E-state index < -0.39 is 90.9 Å². The van der Waals surface area contributed by atoms with E-state index in [0.29, 0.717) is 5.56 Å². The Hall–Kier alpha value is -4.67. The number of hydrogen-bond donors (Lipinski definition) is 4. The second-order valence-electron chi connectivity index (χ2n) is 14.0. The van der Waals surface area contributed by atoms with Crippen LogP contribution in [0.1, 0.15) is 30.4 Å². The van der Waals surface area contributed by atoms with Crippen molar-refractivity contribution in [2.45, 2.75) is 56.3 Å². The van der Waals surface area contributed by atoms with Gasteiger partial charge in [-0.15, -0.1) is 5.75 Å². The van der Waals surface area contributed by atoms with Gasteiger partial charge in [-0.25, -0.2) is 0 Å². The second-order valence-corrected chi connectivity index (χ2v) is 16.9. The average Bonchev–Trinajstić information content (AvgIpc) is 3.37. The number of carbonyl (C=O) groups is 9. The fourth-order valence-corrected chi connectivity index (χ4v) is 8.90. The Labute approximate surface area is 389 Å². The van der Waals surface area contributed by atoms with Gasteiger partial charge in [0, 0.05) is 68.1 Å². The van der Waals surface area contributed by atoms with Crippen LogP contribution >= 0.6 is 21.6 Å². The van der Waals surface area contributed by atoms with Gasteiger partial charge in [0.15, 0.2) is 5.78 Å². The van der Waals surface area contributed by atoms with Gasteiger partial charge >= 0.3 is 22.4 Å². The summed E-state index contributed by atoms with van der Waals surface area (Å²) >= 11 is 5.47. The standard InChI is InChI=1S/C40H53N9O9S3.O.Tc/c41-38(56)30(17-26-9-3-1-4-10-26)49-16-8-14-42-33(51)13-7-15-48(37(55)22-46-35(53)20-44-34(52)21-45-36(54)23-59)31(18-27-11-5-2-6-12-27)39(57)47-28-24-60-61-25-29(40(49)58)43-19-32(28)50;;/h1-6,9-12,28-31,43H,7-8,13-25H2,(H8,41,42,44,45,46,47,51,52,53,54,56,57,59);;/q;;+4/p-4. The van der Waals surface area contributed by atoms with Gasteiger partial charge in [-0.1, -0.05) is 95.3 Å². The van der Waals surface area contributed by atoms with E-state index in [1.165, 1.54) is 31.4 Å². The predicted molar refractivity (Wildman–Crippen MR) is 234 cm³/mol. The van der Waals surface area contributed by atoms with Gasteiger partial charge in [0.25, 0.3) is 0 Å². The van der Waals surface area contributed by atoms with Crippen LogP contribution in [0.2, 0.25) is 0 Å². The number of primary amides is 1. The molecule has 4 rings (SSSR count). The molecule has 4 atom stereocenters. The minimum absolute atomic E-state index is 0.00633. The minimum atomic E-state index is -1.22. The molecule has 339 valence electrons. The van der Waals surface area contributed by atoms with Crippen molar-refractivity contribution >= 4 is 87.3 Å². The van der Waals surface area contributed by atoms with Crippen LogP contribution in [0.15, 0.2) is 60.7 Å². The summed E-state index contributed by atoms with van der Waals surface area (Å²) < 4.78 is 8.22. The van der Waals surface area contributed by atoms with Crippen LogP contribution in [-0.2, 0) is 91.0 Å². The molecule has 2 aliphatic rings. The number of hydrogen-bond acceptors (Lipinski definition) is 14. The maximum absolute atomic E-state index is 14.3. The zero-order valence-electron chi connectivity index (χ0n) is 34.2. The Bertz CT molecular complexity index is 1890. The summed E-state index contributed by atoms with van der Waals surface area (Å²) in [6.45, 7) is -2.21. The normalized spacial score (nSPS) is 19.8. The van der Waals surface area contributed by atoms with Crippen LogP contribution in [-0.4, -0.2) is 150 Å². The summed E-state index contributed by atoms with van der Waals surface area (Å²) in [5.41, 5.74) is 7.37. The summed E-state index contributed by atoms with van der Waals surface area (Å²) in [4.78, 5) is 121. The van der Waals surface area contributed by atoms with Crippen molar-refractivity contribution < 1.29 is 65.5 Å². The summed E-state index contributed by atoms with van der Waals surface area (Å²) in [5.74, 6) is -5.74. The van der Waals surface area contributed by atoms with Gasteiger partial charge in [0.2, 0.25) is 29.5 Å². The molecule has 0 aromatic heterocycles. The van der Waals surface area contributed by atoms with Crippen LogP contribution in [0, 0.1) is 0 Å². The number of Topliss-reactive ketones (excluding diaryl/α,β-unsaturated/α-hetero) is 1. The molecule has 2 bridgehead atoms. The second kappa shape index (κ2) is 28.9. The molecular formula is C40H49N9O10S3Tc. The van der Waals surface area contributed by atoms with E-state index in [1.807, 2.05) is 30.3 Å². The van der Waals surface area contributed by atoms with Gasteiger partial charge in [-0.2, -0.15) is 0 Å². The van der Waals surface area contributed by atoms with E-state index in [0.717, 1.165) is 24.4 Å². The molecule has 0 spiro atoms. The van der Waals surface area contributed by atoms with Crippen molar-refractivity contribution in [2.24, 2.45) is 5.73 Å². The molecule has 2 heterocycles. The van der Waals surface area contributed by atoms with Gasteiger partial charge in [-0.05, 0) is 30.5 Å². The van der Waals surface area contributed by atoms with Gasteiger partial charge in [-0.3, -0.25) is 34.1 Å². The first-order chi connectivity index (χ1) is 30.4. The van der Waals surface area contributed by atoms with Crippen molar-refractivity contribution in [2.75, 3.05) is 63.1 Å². The van der Waals surface area contributed by atoms with E-state index in [2.05, 4.69) is 44.5 Å². The number of nitrogens with one attached hydrogen (secondary N) is 3. The van der Waals surface area contributed by atoms with Crippen molar-refractivity contribution in [1.82, 2.24) is 25.8 Å². The molecule has 0 radical (unpaired) electrons. The third kappa shape index (κ3) is 18.5. The monoisotopic (exact) mass is 1010 g/mol. The van der Waals surface area contributed by atoms with E-state index in [1.54, 1.807) is 30.3 Å². The SMILES string of the molecule is NC(=O)C(Cc1ccccc1)N1CCCNC(=O)CCCN(C(=O)C[N-]C(=O)C[N-]C(=O)C[N-]C(=O)C[S-])C(Cc2ccccc2)C(=O)NC2CSSCC(NCC2=O)C1=O.[O]=[Tc+4].